The van der Waals surface area contributed by atoms with Crippen LogP contribution in [0.4, 0.5) is 5.69 Å². The van der Waals surface area contributed by atoms with E-state index in [1.165, 1.54) is 18.4 Å². The van der Waals surface area contributed by atoms with Crippen molar-refractivity contribution in [2.75, 3.05) is 18.4 Å². The van der Waals surface area contributed by atoms with Crippen LogP contribution in [0.2, 0.25) is 0 Å². The first-order valence-corrected chi connectivity index (χ1v) is 11.8. The fraction of sp³-hybridized carbons (Fsp3) is 0.250. The van der Waals surface area contributed by atoms with Gasteiger partial charge in [-0.25, -0.2) is 4.68 Å². The van der Waals surface area contributed by atoms with E-state index in [4.69, 9.17) is 5.10 Å². The third-order valence-corrected chi connectivity index (χ3v) is 6.41. The monoisotopic (exact) mass is 451 g/mol. The van der Waals surface area contributed by atoms with E-state index >= 15 is 0 Å². The van der Waals surface area contributed by atoms with Crippen LogP contribution in [0.25, 0.3) is 16.9 Å². The fourth-order valence-electron chi connectivity index (χ4n) is 4.34. The first-order valence-electron chi connectivity index (χ1n) is 11.8. The molecule has 34 heavy (non-hydrogen) atoms. The predicted molar refractivity (Wildman–Crippen MR) is 135 cm³/mol. The molecule has 1 amide bonds. The molecule has 0 unspecified atom stereocenters. The van der Waals surface area contributed by atoms with Gasteiger partial charge in [0.2, 0.25) is 0 Å². The summed E-state index contributed by atoms with van der Waals surface area (Å²) in [6.45, 7) is 5.60. The molecule has 2 aromatic carbocycles. The number of carbonyl (C=O) groups excluding carboxylic acids is 1. The highest BCUT2D eigenvalue weighted by Crippen LogP contribution is 2.25. The minimum Gasteiger partial charge on any atom is -0.322 e. The van der Waals surface area contributed by atoms with Gasteiger partial charge >= 0.3 is 0 Å². The molecule has 0 bridgehead atoms. The van der Waals surface area contributed by atoms with E-state index < -0.39 is 0 Å². The van der Waals surface area contributed by atoms with E-state index in [1.54, 1.807) is 23.3 Å². The largest absolute Gasteiger partial charge is 0.322 e. The Bertz CT molecular complexity index is 1230. The van der Waals surface area contributed by atoms with Crippen LogP contribution >= 0.6 is 0 Å². The molecule has 6 nitrogen and oxygen atoms in total. The number of aromatic nitrogens is 3. The maximum Gasteiger partial charge on any atom is 0.259 e. The molecule has 0 spiro atoms. The number of hydrogen-bond acceptors (Lipinski definition) is 4. The number of carbonyl (C=O) groups is 1. The second kappa shape index (κ2) is 10.0. The van der Waals surface area contributed by atoms with E-state index in [2.05, 4.69) is 34.3 Å². The minimum atomic E-state index is -0.196. The molecule has 1 aliphatic rings. The molecule has 0 saturated carbocycles. The van der Waals surface area contributed by atoms with Crippen molar-refractivity contribution in [3.05, 3.63) is 96.4 Å². The van der Waals surface area contributed by atoms with E-state index in [0.29, 0.717) is 11.3 Å². The zero-order chi connectivity index (χ0) is 23.3. The van der Waals surface area contributed by atoms with Crippen LogP contribution in [0.1, 0.15) is 35.7 Å². The summed E-state index contributed by atoms with van der Waals surface area (Å²) >= 11 is 0. The zero-order valence-electron chi connectivity index (χ0n) is 19.4. The molecule has 0 radical (unpaired) electrons. The van der Waals surface area contributed by atoms with Crippen molar-refractivity contribution >= 4 is 11.6 Å². The average Bonchev–Trinajstić information content (AvgIpc) is 3.34. The number of hydrogen-bond donors (Lipinski definition) is 1. The third kappa shape index (κ3) is 5.07. The van der Waals surface area contributed by atoms with Crippen LogP contribution in [0.3, 0.4) is 0 Å². The van der Waals surface area contributed by atoms with Crippen LogP contribution < -0.4 is 5.32 Å². The molecule has 0 aliphatic carbocycles. The summed E-state index contributed by atoms with van der Waals surface area (Å²) in [5.74, 6) is 0.635. The molecule has 172 valence electrons. The van der Waals surface area contributed by atoms with Gasteiger partial charge in [-0.05, 0) is 73.8 Å². The molecule has 2 aromatic heterocycles. The lowest BCUT2D eigenvalue weighted by Gasteiger charge is -2.30. The number of anilines is 1. The molecular weight excluding hydrogens is 422 g/mol. The van der Waals surface area contributed by atoms with Gasteiger partial charge in [-0.3, -0.25) is 14.7 Å². The maximum atomic E-state index is 13.3. The summed E-state index contributed by atoms with van der Waals surface area (Å²) in [6.07, 6.45) is 7.75. The molecule has 1 N–H and O–H groups in total. The summed E-state index contributed by atoms with van der Waals surface area (Å²) in [6, 6.07) is 21.7. The Morgan fingerprint density at radius 3 is 2.47 bits per heavy atom. The van der Waals surface area contributed by atoms with Gasteiger partial charge in [-0.1, -0.05) is 37.3 Å². The molecule has 3 heterocycles. The van der Waals surface area contributed by atoms with E-state index in [-0.39, 0.29) is 5.91 Å². The van der Waals surface area contributed by atoms with Crippen LogP contribution in [-0.2, 0) is 6.54 Å². The quantitative estimate of drug-likeness (QED) is 0.425. The van der Waals surface area contributed by atoms with Gasteiger partial charge in [0.15, 0.2) is 0 Å². The van der Waals surface area contributed by atoms with E-state index in [0.717, 1.165) is 42.5 Å². The normalized spacial score (nSPS) is 14.7. The first kappa shape index (κ1) is 22.0. The highest BCUT2D eigenvalue weighted by molar-refractivity contribution is 6.08. The van der Waals surface area contributed by atoms with Crippen LogP contribution in [-0.4, -0.2) is 38.7 Å². The van der Waals surface area contributed by atoms with Gasteiger partial charge in [-0.15, -0.1) is 0 Å². The Kier molecular flexibility index (Phi) is 6.49. The van der Waals surface area contributed by atoms with E-state index in [1.807, 2.05) is 54.6 Å². The second-order valence-corrected chi connectivity index (χ2v) is 9.02. The van der Waals surface area contributed by atoms with Gasteiger partial charge in [0.1, 0.15) is 5.69 Å². The lowest BCUT2D eigenvalue weighted by Crippen LogP contribution is -2.32. The molecule has 6 heteroatoms. The Balaban J connectivity index is 1.34. The number of likely N-dealkylation sites (tertiary alicyclic amines) is 1. The highest BCUT2D eigenvalue weighted by atomic mass is 16.1. The zero-order valence-corrected chi connectivity index (χ0v) is 19.4. The minimum absolute atomic E-state index is 0.196. The lowest BCUT2D eigenvalue weighted by molar-refractivity contribution is 0.102. The van der Waals surface area contributed by atoms with Crippen molar-refractivity contribution < 1.29 is 4.79 Å². The molecule has 1 saturated heterocycles. The number of pyridine rings is 1. The Labute approximate surface area is 200 Å². The number of nitrogens with one attached hydrogen (secondary N) is 1. The molecule has 1 aliphatic heterocycles. The maximum absolute atomic E-state index is 13.3. The standard InChI is InChI=1S/C28H29N5O/c1-21-13-16-32(17-14-21)19-22-9-11-24(12-10-22)30-28(34)26-20-33(25-7-3-2-4-8-25)31-27(26)23-6-5-15-29-18-23/h2-12,15,18,20-21H,13-14,16-17,19H2,1H3,(H,30,34). The lowest BCUT2D eigenvalue weighted by atomic mass is 9.99. The number of piperidine rings is 1. The number of benzene rings is 2. The van der Waals surface area contributed by atoms with Crippen molar-refractivity contribution in [2.45, 2.75) is 26.3 Å². The predicted octanol–water partition coefficient (Wildman–Crippen LogP) is 5.42. The number of amides is 1. The Hall–Kier alpha value is -3.77. The smallest absolute Gasteiger partial charge is 0.259 e. The van der Waals surface area contributed by atoms with E-state index in [9.17, 15) is 4.79 Å². The highest BCUT2D eigenvalue weighted by Gasteiger charge is 2.19. The third-order valence-electron chi connectivity index (χ3n) is 6.41. The molecular formula is C28H29N5O. The van der Waals surface area contributed by atoms with Crippen LogP contribution in [0, 0.1) is 5.92 Å². The summed E-state index contributed by atoms with van der Waals surface area (Å²) in [5, 5.41) is 7.75. The Morgan fingerprint density at radius 2 is 1.76 bits per heavy atom. The molecule has 5 rings (SSSR count). The van der Waals surface area contributed by atoms with Crippen LogP contribution in [0.15, 0.2) is 85.3 Å². The van der Waals surface area contributed by atoms with Crippen molar-refractivity contribution in [1.29, 1.82) is 0 Å². The van der Waals surface area contributed by atoms with Gasteiger partial charge in [-0.2, -0.15) is 5.10 Å². The summed E-state index contributed by atoms with van der Waals surface area (Å²) < 4.78 is 1.74. The summed E-state index contributed by atoms with van der Waals surface area (Å²) in [7, 11) is 0. The van der Waals surface area contributed by atoms with Crippen molar-refractivity contribution in [1.82, 2.24) is 19.7 Å². The Morgan fingerprint density at radius 1 is 1.00 bits per heavy atom. The van der Waals surface area contributed by atoms with Gasteiger partial charge in [0, 0.05) is 36.4 Å². The number of para-hydroxylation sites is 1. The topological polar surface area (TPSA) is 63.1 Å². The number of rotatable bonds is 6. The summed E-state index contributed by atoms with van der Waals surface area (Å²) in [4.78, 5) is 20.0. The average molecular weight is 452 g/mol. The SMILES string of the molecule is CC1CCN(Cc2ccc(NC(=O)c3cn(-c4ccccc4)nc3-c3cccnc3)cc2)CC1. The van der Waals surface area contributed by atoms with Crippen molar-refractivity contribution in [2.24, 2.45) is 5.92 Å². The molecule has 1 fully saturated rings. The van der Waals surface area contributed by atoms with Gasteiger partial charge in [0.05, 0.1) is 11.3 Å². The second-order valence-electron chi connectivity index (χ2n) is 9.02. The van der Waals surface area contributed by atoms with Gasteiger partial charge in [0.25, 0.3) is 5.91 Å². The van der Waals surface area contributed by atoms with Crippen molar-refractivity contribution in [3.63, 3.8) is 0 Å². The van der Waals surface area contributed by atoms with Crippen LogP contribution in [0.5, 0.6) is 0 Å². The summed E-state index contributed by atoms with van der Waals surface area (Å²) in [5.41, 5.74) is 4.83. The van der Waals surface area contributed by atoms with Gasteiger partial charge < -0.3 is 5.32 Å². The molecule has 0 atom stereocenters. The molecule has 4 aromatic rings. The van der Waals surface area contributed by atoms with Crippen molar-refractivity contribution in [3.8, 4) is 16.9 Å². The fourth-order valence-corrected chi connectivity index (χ4v) is 4.34. The first-order chi connectivity index (χ1) is 16.7. The number of nitrogens with zero attached hydrogens (tertiary/aromatic N) is 4.